The predicted octanol–water partition coefficient (Wildman–Crippen LogP) is 5.47. The monoisotopic (exact) mass is 756 g/mol. The molecule has 1 saturated heterocycles. The Labute approximate surface area is 288 Å². The van der Waals surface area contributed by atoms with Crippen LogP contribution in [0, 0.1) is 11.8 Å². The summed E-state index contributed by atoms with van der Waals surface area (Å²) in [5, 5.41) is 3.13. The molecular formula is C33H29BrN2O10S2. The largest absolute Gasteiger partial charge is 0.493 e. The Morgan fingerprint density at radius 2 is 1.56 bits per heavy atom. The number of thiophene rings is 1. The van der Waals surface area contributed by atoms with Crippen molar-refractivity contribution < 1.29 is 46.4 Å². The Hall–Kier alpha value is -4.47. The summed E-state index contributed by atoms with van der Waals surface area (Å²) >= 11 is 4.37. The van der Waals surface area contributed by atoms with Crippen molar-refractivity contribution in [3.63, 3.8) is 0 Å². The van der Waals surface area contributed by atoms with Crippen LogP contribution < -0.4 is 33.7 Å². The van der Waals surface area contributed by atoms with Crippen LogP contribution in [-0.2, 0) is 19.6 Å². The van der Waals surface area contributed by atoms with E-state index in [-0.39, 0.29) is 17.6 Å². The molecule has 0 saturated carbocycles. The molecule has 15 heteroatoms. The third kappa shape index (κ3) is 5.58. The van der Waals surface area contributed by atoms with Crippen LogP contribution in [0.15, 0.2) is 68.7 Å². The third-order valence-corrected chi connectivity index (χ3v) is 12.2. The van der Waals surface area contributed by atoms with Crippen molar-refractivity contribution in [1.82, 2.24) is 5.32 Å². The van der Waals surface area contributed by atoms with Gasteiger partial charge in [0.2, 0.25) is 12.5 Å². The molecule has 1 aromatic heterocycles. The lowest BCUT2D eigenvalue weighted by Crippen LogP contribution is -2.42. The molecule has 12 nitrogen and oxygen atoms in total. The summed E-state index contributed by atoms with van der Waals surface area (Å²) in [7, 11) is 0.771. The highest BCUT2D eigenvalue weighted by atomic mass is 79.9. The molecule has 3 heterocycles. The summed E-state index contributed by atoms with van der Waals surface area (Å²) in [4.78, 5) is 27.2. The lowest BCUT2D eigenvalue weighted by molar-refractivity contribution is -0.141. The third-order valence-electron chi connectivity index (χ3n) is 8.73. The number of hydrogen-bond acceptors (Lipinski definition) is 11. The van der Waals surface area contributed by atoms with Crippen LogP contribution >= 0.6 is 27.3 Å². The van der Waals surface area contributed by atoms with E-state index in [9.17, 15) is 18.0 Å². The summed E-state index contributed by atoms with van der Waals surface area (Å²) in [6, 6.07) is 16.0. The van der Waals surface area contributed by atoms with E-state index in [1.165, 1.54) is 51.7 Å². The Morgan fingerprint density at radius 3 is 2.17 bits per heavy atom. The number of esters is 1. The Balaban J connectivity index is 1.24. The van der Waals surface area contributed by atoms with Gasteiger partial charge in [0, 0.05) is 23.1 Å². The van der Waals surface area contributed by atoms with Crippen molar-refractivity contribution in [3.8, 4) is 28.7 Å². The molecule has 4 atom stereocenters. The molecule has 0 radical (unpaired) electrons. The van der Waals surface area contributed by atoms with Gasteiger partial charge in [-0.3, -0.25) is 14.3 Å². The highest BCUT2D eigenvalue weighted by molar-refractivity contribution is 9.11. The van der Waals surface area contributed by atoms with Crippen LogP contribution in [0.3, 0.4) is 0 Å². The van der Waals surface area contributed by atoms with E-state index < -0.39 is 45.7 Å². The summed E-state index contributed by atoms with van der Waals surface area (Å²) in [6.45, 7) is 0.127. The maximum atomic E-state index is 13.8. The summed E-state index contributed by atoms with van der Waals surface area (Å²) in [6.07, 6.45) is 0. The van der Waals surface area contributed by atoms with Gasteiger partial charge in [-0.2, -0.15) is 0 Å². The molecule has 0 unspecified atom stereocenters. The maximum Gasteiger partial charge on any atom is 0.310 e. The zero-order valence-electron chi connectivity index (χ0n) is 25.8. The van der Waals surface area contributed by atoms with Gasteiger partial charge in [-0.05, 0) is 93.3 Å². The number of carbonyl (C=O) groups excluding carboxylic acids is 2. The molecule has 2 N–H and O–H groups in total. The first kappa shape index (κ1) is 32.1. The number of carbonyl (C=O) groups is 2. The van der Waals surface area contributed by atoms with Gasteiger partial charge in [-0.15, -0.1) is 11.3 Å². The van der Waals surface area contributed by atoms with Crippen LogP contribution in [0.2, 0.25) is 0 Å². The first-order valence-corrected chi connectivity index (χ1v) is 17.8. The maximum absolute atomic E-state index is 13.8. The zero-order valence-corrected chi connectivity index (χ0v) is 29.0. The van der Waals surface area contributed by atoms with Crippen molar-refractivity contribution in [1.29, 1.82) is 0 Å². The summed E-state index contributed by atoms with van der Waals surface area (Å²) in [5.74, 6) is -0.0890. The van der Waals surface area contributed by atoms with Gasteiger partial charge in [0.25, 0.3) is 15.9 Å². The van der Waals surface area contributed by atoms with Gasteiger partial charge in [0.15, 0.2) is 23.0 Å². The Kier molecular flexibility index (Phi) is 8.37. The second-order valence-corrected chi connectivity index (χ2v) is 15.7. The number of amides is 1. The van der Waals surface area contributed by atoms with Crippen molar-refractivity contribution in [3.05, 3.63) is 86.7 Å². The standard InChI is InChI=1S/C33H29BrN2O10S2/c1-41-24-10-17(11-25(42-2)31(24)43-3)28-19-12-22-23(46-15-45-22)13-20(19)30(21-14-44-33(38)29(21)28)35-32(37)16-4-6-18(7-5-16)36-48(39,40)27-9-8-26(34)47-27/h4-13,21,28-30,36H,14-15H2,1-3H3,(H,35,37)/t21-,28+,29-,30+/m0/s1. The number of fused-ring (bicyclic) bond motifs is 3. The average molecular weight is 758 g/mol. The fourth-order valence-electron chi connectivity index (χ4n) is 6.59. The van der Waals surface area contributed by atoms with E-state index in [1.807, 2.05) is 24.3 Å². The average Bonchev–Trinajstić information content (AvgIpc) is 3.83. The fourth-order valence-corrected chi connectivity index (χ4v) is 9.66. The second-order valence-electron chi connectivity index (χ2n) is 11.3. The lowest BCUT2D eigenvalue weighted by atomic mass is 9.65. The predicted molar refractivity (Wildman–Crippen MR) is 178 cm³/mol. The van der Waals surface area contributed by atoms with Gasteiger partial charge < -0.3 is 33.7 Å². The molecule has 0 bridgehead atoms. The fraction of sp³-hybridized carbons (Fsp3) is 0.273. The van der Waals surface area contributed by atoms with Crippen LogP contribution in [0.4, 0.5) is 5.69 Å². The van der Waals surface area contributed by atoms with Crippen LogP contribution in [-0.4, -0.2) is 55.0 Å². The van der Waals surface area contributed by atoms with Crippen LogP contribution in [0.25, 0.3) is 0 Å². The normalized spacial score (nSPS) is 20.7. The number of anilines is 1. The Morgan fingerprint density at radius 1 is 0.896 bits per heavy atom. The van der Waals surface area contributed by atoms with Gasteiger partial charge >= 0.3 is 5.97 Å². The number of methoxy groups -OCH3 is 3. The molecule has 1 fully saturated rings. The SMILES string of the molecule is COc1cc([C@@H]2c3cc4c(cc3[C@@H](NC(=O)c3ccc(NS(=O)(=O)c5ccc(Br)s5)cc3)[C@H]3COC(=O)[C@H]23)OCO4)cc(OC)c1OC. The summed E-state index contributed by atoms with van der Waals surface area (Å²) in [5.41, 5.74) is 2.83. The van der Waals surface area contributed by atoms with Gasteiger partial charge in [0.05, 0.1) is 43.7 Å². The number of sulfonamides is 1. The number of benzene rings is 3. The lowest BCUT2D eigenvalue weighted by Gasteiger charge is -2.39. The molecule has 48 heavy (non-hydrogen) atoms. The van der Waals surface area contributed by atoms with Gasteiger partial charge in [-0.1, -0.05) is 0 Å². The van der Waals surface area contributed by atoms with Crippen molar-refractivity contribution in [2.45, 2.75) is 16.2 Å². The molecule has 1 amide bonds. The second kappa shape index (κ2) is 12.5. The quantitative estimate of drug-likeness (QED) is 0.211. The topological polar surface area (TPSA) is 148 Å². The molecule has 0 spiro atoms. The molecule has 2 aliphatic heterocycles. The van der Waals surface area contributed by atoms with E-state index in [0.717, 1.165) is 28.0 Å². The van der Waals surface area contributed by atoms with Crippen LogP contribution in [0.1, 0.15) is 39.0 Å². The number of rotatable bonds is 9. The minimum atomic E-state index is -3.80. The molecule has 1 aliphatic carbocycles. The number of nitrogens with one attached hydrogen (secondary N) is 2. The van der Waals surface area contributed by atoms with Crippen molar-refractivity contribution >= 4 is 54.9 Å². The summed E-state index contributed by atoms with van der Waals surface area (Å²) < 4.78 is 62.8. The molecule has 4 aromatic rings. The zero-order chi connectivity index (χ0) is 33.7. The Bertz CT molecular complexity index is 2010. The number of ether oxygens (including phenoxy) is 6. The van der Waals surface area contributed by atoms with E-state index in [2.05, 4.69) is 26.0 Å². The minimum absolute atomic E-state index is 0.0405. The van der Waals surface area contributed by atoms with E-state index in [0.29, 0.717) is 43.8 Å². The van der Waals surface area contributed by atoms with Crippen LogP contribution in [0.5, 0.6) is 28.7 Å². The smallest absolute Gasteiger partial charge is 0.310 e. The van der Waals surface area contributed by atoms with Crippen molar-refractivity contribution in [2.75, 3.05) is 39.5 Å². The van der Waals surface area contributed by atoms with Gasteiger partial charge in [0.1, 0.15) is 4.21 Å². The number of halogens is 1. The molecule has 3 aromatic carbocycles. The van der Waals surface area contributed by atoms with E-state index in [4.69, 9.17) is 28.4 Å². The van der Waals surface area contributed by atoms with Gasteiger partial charge in [-0.25, -0.2) is 8.42 Å². The molecular weight excluding hydrogens is 728 g/mol. The number of cyclic esters (lactones) is 1. The minimum Gasteiger partial charge on any atom is -0.493 e. The molecule has 250 valence electrons. The molecule has 3 aliphatic rings. The first-order valence-electron chi connectivity index (χ1n) is 14.7. The highest BCUT2D eigenvalue weighted by Crippen LogP contribution is 2.55. The highest BCUT2D eigenvalue weighted by Gasteiger charge is 2.53. The molecule has 7 rings (SSSR count). The first-order chi connectivity index (χ1) is 23.1. The number of hydrogen-bond donors (Lipinski definition) is 2. The van der Waals surface area contributed by atoms with E-state index >= 15 is 0 Å². The van der Waals surface area contributed by atoms with Crippen molar-refractivity contribution in [2.24, 2.45) is 11.8 Å². The van der Waals surface area contributed by atoms with E-state index in [1.54, 1.807) is 6.07 Å².